The van der Waals surface area contributed by atoms with Crippen molar-refractivity contribution in [1.29, 1.82) is 0 Å². The zero-order valence-electron chi connectivity index (χ0n) is 13.2. The zero-order valence-corrected chi connectivity index (χ0v) is 14.1. The molecule has 2 heterocycles. The molecule has 2 aromatic carbocycles. The zero-order chi connectivity index (χ0) is 16.5. The van der Waals surface area contributed by atoms with Crippen molar-refractivity contribution in [3.63, 3.8) is 0 Å². The number of hydrogen-bond donors (Lipinski definition) is 2. The number of hydrogen-bond acceptors (Lipinski definition) is 4. The van der Waals surface area contributed by atoms with E-state index in [9.17, 15) is 4.79 Å². The Morgan fingerprint density at radius 1 is 1.00 bits per heavy atom. The van der Waals surface area contributed by atoms with Gasteiger partial charge in [-0.05, 0) is 31.4 Å². The Labute approximate surface area is 140 Å². The molecule has 0 bridgehead atoms. The first-order chi connectivity index (χ1) is 11.3. The van der Waals surface area contributed by atoms with Crippen LogP contribution in [0, 0.1) is 0 Å². The van der Waals surface area contributed by atoms with E-state index < -0.39 is 0 Å². The lowest BCUT2D eigenvalue weighted by molar-refractivity contribution is -0.118. The van der Waals surface area contributed by atoms with E-state index in [1.807, 2.05) is 36.4 Å². The molecule has 1 amide bonds. The second-order valence-corrected chi connectivity index (χ2v) is 5.96. The van der Waals surface area contributed by atoms with E-state index in [0.29, 0.717) is 5.75 Å². The van der Waals surface area contributed by atoms with E-state index in [1.165, 1.54) is 17.8 Å². The molecule has 122 valence electrons. The van der Waals surface area contributed by atoms with Gasteiger partial charge in [0.25, 0.3) is 0 Å². The first-order valence-corrected chi connectivity index (χ1v) is 8.78. The summed E-state index contributed by atoms with van der Waals surface area (Å²) in [6.45, 7) is 0.867. The Balaban J connectivity index is 0.000000166. The van der Waals surface area contributed by atoms with Crippen LogP contribution in [0.15, 0.2) is 52.9 Å². The lowest BCUT2D eigenvalue weighted by Crippen LogP contribution is -2.23. The maximum Gasteiger partial charge on any atom is 0.229 e. The summed E-state index contributed by atoms with van der Waals surface area (Å²) in [6.07, 6.45) is 1.12. The molecule has 0 aliphatic carbocycles. The van der Waals surface area contributed by atoms with Gasteiger partial charge < -0.3 is 15.5 Å². The summed E-state index contributed by atoms with van der Waals surface area (Å²) in [7, 11) is 1.50. The molecular weight excluding hydrogens is 308 g/mol. The summed E-state index contributed by atoms with van der Waals surface area (Å²) in [5.41, 5.74) is 6.42. The van der Waals surface area contributed by atoms with Gasteiger partial charge in [0.1, 0.15) is 11.2 Å². The Hall–Kier alpha value is -1.98. The predicted octanol–water partition coefficient (Wildman–Crippen LogP) is 3.40. The number of nitrogens with one attached hydrogen (secondary N) is 1. The van der Waals surface area contributed by atoms with Gasteiger partial charge in [0.2, 0.25) is 5.91 Å². The minimum Gasteiger partial charge on any atom is -0.456 e. The molecule has 0 unspecified atom stereocenters. The van der Waals surface area contributed by atoms with E-state index in [1.54, 1.807) is 11.8 Å². The van der Waals surface area contributed by atoms with Gasteiger partial charge >= 0.3 is 0 Å². The Kier molecular flexibility index (Phi) is 6.97. The van der Waals surface area contributed by atoms with Gasteiger partial charge in [-0.15, -0.1) is 0 Å². The van der Waals surface area contributed by atoms with Gasteiger partial charge in [-0.2, -0.15) is 11.8 Å². The largest absolute Gasteiger partial charge is 0.456 e. The van der Waals surface area contributed by atoms with Crippen LogP contribution in [-0.4, -0.2) is 31.0 Å². The van der Waals surface area contributed by atoms with Crippen molar-refractivity contribution >= 4 is 39.6 Å². The Bertz CT molecular complexity index is 694. The normalized spacial score (nSPS) is 14.1. The van der Waals surface area contributed by atoms with E-state index in [0.717, 1.165) is 29.9 Å². The number of para-hydroxylation sites is 2. The highest BCUT2D eigenvalue weighted by Crippen LogP contribution is 2.27. The molecule has 1 aromatic heterocycles. The average molecular weight is 330 g/mol. The fourth-order valence-corrected chi connectivity index (χ4v) is 3.07. The lowest BCUT2D eigenvalue weighted by atomic mass is 10.2. The molecule has 0 radical (unpaired) electrons. The molecule has 1 aliphatic heterocycles. The number of benzene rings is 2. The summed E-state index contributed by atoms with van der Waals surface area (Å²) >= 11 is 1.71. The van der Waals surface area contributed by atoms with Crippen molar-refractivity contribution in [3.8, 4) is 0 Å². The highest BCUT2D eigenvalue weighted by atomic mass is 32.2. The Morgan fingerprint density at radius 2 is 1.57 bits per heavy atom. The van der Waals surface area contributed by atoms with Gasteiger partial charge in [-0.1, -0.05) is 36.4 Å². The average Bonchev–Trinajstić information content (AvgIpc) is 2.82. The molecule has 1 saturated heterocycles. The van der Waals surface area contributed by atoms with Crippen molar-refractivity contribution in [3.05, 3.63) is 48.5 Å². The smallest absolute Gasteiger partial charge is 0.229 e. The molecule has 1 aliphatic rings. The van der Waals surface area contributed by atoms with Crippen LogP contribution in [0.3, 0.4) is 0 Å². The molecule has 0 spiro atoms. The number of thioether (sulfide) groups is 1. The predicted molar refractivity (Wildman–Crippen MR) is 98.8 cm³/mol. The number of carbonyl (C=O) groups excluding carboxylic acids is 1. The van der Waals surface area contributed by atoms with Crippen LogP contribution in [0.2, 0.25) is 0 Å². The molecule has 4 rings (SSSR count). The maximum absolute atomic E-state index is 10.6. The van der Waals surface area contributed by atoms with Crippen LogP contribution in [0.5, 0.6) is 0 Å². The van der Waals surface area contributed by atoms with Gasteiger partial charge in [0, 0.05) is 17.3 Å². The summed E-state index contributed by atoms with van der Waals surface area (Å²) in [5.74, 6) is 1.96. The third-order valence-electron chi connectivity index (χ3n) is 3.30. The molecule has 0 saturated carbocycles. The molecule has 3 aromatic rings. The van der Waals surface area contributed by atoms with E-state index >= 15 is 0 Å². The van der Waals surface area contributed by atoms with Crippen molar-refractivity contribution in [2.24, 2.45) is 5.73 Å². The quantitative estimate of drug-likeness (QED) is 0.663. The highest BCUT2D eigenvalue weighted by molar-refractivity contribution is 7.99. The minimum atomic E-state index is 0.188. The standard InChI is InChI=1S/C12H8O.C5H9NOS.CH5N/c1-3-7-11-9(5-1)10-6-2-4-8-12(10)13-11;7-5-4-8-3-1-2-6-5;1-2/h1-8H;1-4H2,(H,6,7);2H2,1H3. The molecule has 5 heteroatoms. The number of carbonyl (C=O) groups is 1. The second-order valence-electron chi connectivity index (χ2n) is 4.85. The third-order valence-corrected chi connectivity index (χ3v) is 4.35. The van der Waals surface area contributed by atoms with Gasteiger partial charge in [-0.3, -0.25) is 4.79 Å². The third kappa shape index (κ3) is 4.74. The first-order valence-electron chi connectivity index (χ1n) is 7.63. The first kappa shape index (κ1) is 17.4. The van der Waals surface area contributed by atoms with Crippen LogP contribution >= 0.6 is 11.8 Å². The van der Waals surface area contributed by atoms with Crippen molar-refractivity contribution in [2.45, 2.75) is 6.42 Å². The number of furan rings is 1. The van der Waals surface area contributed by atoms with Crippen molar-refractivity contribution < 1.29 is 9.21 Å². The number of amides is 1. The van der Waals surface area contributed by atoms with Crippen molar-refractivity contribution in [1.82, 2.24) is 5.32 Å². The fourth-order valence-electron chi connectivity index (χ4n) is 2.29. The summed E-state index contributed by atoms with van der Waals surface area (Å²) < 4.78 is 5.65. The van der Waals surface area contributed by atoms with Crippen LogP contribution in [0.25, 0.3) is 21.9 Å². The van der Waals surface area contributed by atoms with Crippen LogP contribution < -0.4 is 11.1 Å². The van der Waals surface area contributed by atoms with Crippen LogP contribution in [0.4, 0.5) is 0 Å². The fraction of sp³-hybridized carbons (Fsp3) is 0.278. The van der Waals surface area contributed by atoms with E-state index in [-0.39, 0.29) is 5.91 Å². The molecule has 0 atom stereocenters. The summed E-state index contributed by atoms with van der Waals surface area (Å²) in [4.78, 5) is 10.6. The van der Waals surface area contributed by atoms with Gasteiger partial charge in [0.05, 0.1) is 5.75 Å². The summed E-state index contributed by atoms with van der Waals surface area (Å²) in [6, 6.07) is 16.2. The molecular formula is C18H22N2O2S. The van der Waals surface area contributed by atoms with Crippen LogP contribution in [0.1, 0.15) is 6.42 Å². The minimum absolute atomic E-state index is 0.188. The maximum atomic E-state index is 10.6. The van der Waals surface area contributed by atoms with E-state index in [2.05, 4.69) is 23.2 Å². The number of rotatable bonds is 0. The van der Waals surface area contributed by atoms with Gasteiger partial charge in [0.15, 0.2) is 0 Å². The second kappa shape index (κ2) is 9.22. The number of nitrogens with two attached hydrogens (primary N) is 1. The molecule has 1 fully saturated rings. The van der Waals surface area contributed by atoms with E-state index in [4.69, 9.17) is 4.42 Å². The SMILES string of the molecule is CN.O=C1CSCCCN1.c1ccc2c(c1)oc1ccccc12. The lowest BCUT2D eigenvalue weighted by Gasteiger charge is -1.93. The molecule has 4 nitrogen and oxygen atoms in total. The number of fused-ring (bicyclic) bond motifs is 3. The van der Waals surface area contributed by atoms with Gasteiger partial charge in [-0.25, -0.2) is 0 Å². The monoisotopic (exact) mass is 330 g/mol. The van der Waals surface area contributed by atoms with Crippen molar-refractivity contribution in [2.75, 3.05) is 25.1 Å². The topological polar surface area (TPSA) is 68.3 Å². The van der Waals surface area contributed by atoms with Crippen LogP contribution in [-0.2, 0) is 4.79 Å². The Morgan fingerprint density at radius 3 is 2.17 bits per heavy atom. The summed E-state index contributed by atoms with van der Waals surface area (Å²) in [5, 5.41) is 5.17. The molecule has 23 heavy (non-hydrogen) atoms. The molecule has 3 N–H and O–H groups in total. The highest BCUT2D eigenvalue weighted by Gasteiger charge is 2.04.